The zero-order chi connectivity index (χ0) is 8.48. The molecule has 60 valence electrons. The number of hydrogen-bond acceptors (Lipinski definition) is 5. The standard InChI is InChI=1S/C3HF3N4S/c4-3(5,6)1-9-10-2(8-7)11-1/h7H. The number of rotatable bonds is 1. The highest BCUT2D eigenvalue weighted by Crippen LogP contribution is 2.33. The third kappa shape index (κ3) is 1.70. The summed E-state index contributed by atoms with van der Waals surface area (Å²) in [5.41, 5.74) is 6.33. The van der Waals surface area contributed by atoms with E-state index in [9.17, 15) is 13.2 Å². The van der Waals surface area contributed by atoms with Crippen LogP contribution in [-0.2, 0) is 6.18 Å². The van der Waals surface area contributed by atoms with E-state index < -0.39 is 11.2 Å². The van der Waals surface area contributed by atoms with Crippen molar-refractivity contribution in [3.05, 3.63) is 5.01 Å². The van der Waals surface area contributed by atoms with Gasteiger partial charge in [0.25, 0.3) is 5.13 Å². The van der Waals surface area contributed by atoms with E-state index in [0.29, 0.717) is 0 Å². The number of hydrogen-bond donors (Lipinski definition) is 1. The second-order valence-corrected chi connectivity index (χ2v) is 2.46. The maximum atomic E-state index is 11.7. The summed E-state index contributed by atoms with van der Waals surface area (Å²) in [7, 11) is 0. The predicted molar refractivity (Wildman–Crippen MR) is 29.7 cm³/mol. The van der Waals surface area contributed by atoms with E-state index in [0.717, 1.165) is 0 Å². The van der Waals surface area contributed by atoms with Crippen molar-refractivity contribution < 1.29 is 13.2 Å². The van der Waals surface area contributed by atoms with Gasteiger partial charge in [-0.05, 0) is 0 Å². The fourth-order valence-corrected chi connectivity index (χ4v) is 0.873. The van der Waals surface area contributed by atoms with Gasteiger partial charge in [-0.2, -0.15) is 13.2 Å². The van der Waals surface area contributed by atoms with Crippen LogP contribution in [-0.4, -0.2) is 10.2 Å². The SMILES string of the molecule is N=Nc1nnc(C(F)(F)F)s1. The second kappa shape index (κ2) is 2.53. The van der Waals surface area contributed by atoms with E-state index in [1.807, 2.05) is 0 Å². The molecule has 0 amide bonds. The number of halogens is 3. The first-order valence-corrected chi connectivity index (χ1v) is 3.14. The molecule has 0 aliphatic carbocycles. The van der Waals surface area contributed by atoms with E-state index in [4.69, 9.17) is 5.53 Å². The molecule has 0 aromatic carbocycles. The van der Waals surface area contributed by atoms with Crippen LogP contribution in [0.2, 0.25) is 0 Å². The molecule has 1 N–H and O–H groups in total. The summed E-state index contributed by atoms with van der Waals surface area (Å²) in [5.74, 6) is 0. The molecule has 0 aliphatic rings. The van der Waals surface area contributed by atoms with Gasteiger partial charge >= 0.3 is 6.18 Å². The topological polar surface area (TPSA) is 62.0 Å². The minimum atomic E-state index is -4.49. The number of alkyl halides is 3. The van der Waals surface area contributed by atoms with Crippen LogP contribution in [0.1, 0.15) is 5.01 Å². The van der Waals surface area contributed by atoms with Gasteiger partial charge in [0.05, 0.1) is 0 Å². The molecule has 0 saturated carbocycles. The zero-order valence-corrected chi connectivity index (χ0v) is 5.70. The summed E-state index contributed by atoms with van der Waals surface area (Å²) in [4.78, 5) is 0. The molecule has 0 atom stereocenters. The molecule has 0 radical (unpaired) electrons. The molecular weight excluding hydrogens is 181 g/mol. The highest BCUT2D eigenvalue weighted by molar-refractivity contribution is 7.15. The molecule has 11 heavy (non-hydrogen) atoms. The Kier molecular flexibility index (Phi) is 1.85. The molecular formula is C3HF3N4S. The van der Waals surface area contributed by atoms with E-state index in [2.05, 4.69) is 15.3 Å². The summed E-state index contributed by atoms with van der Waals surface area (Å²) in [5, 5.41) is 7.11. The fourth-order valence-electron chi connectivity index (χ4n) is 0.375. The van der Waals surface area contributed by atoms with E-state index in [1.165, 1.54) is 0 Å². The molecule has 1 aromatic heterocycles. The number of aromatic nitrogens is 2. The third-order valence-corrected chi connectivity index (χ3v) is 1.61. The van der Waals surface area contributed by atoms with Crippen LogP contribution in [0, 0.1) is 5.53 Å². The minimum Gasteiger partial charge on any atom is -0.202 e. The molecule has 1 heterocycles. The Morgan fingerprint density at radius 3 is 2.27 bits per heavy atom. The summed E-state index contributed by atoms with van der Waals surface area (Å²) in [6.45, 7) is 0. The van der Waals surface area contributed by atoms with Crippen molar-refractivity contribution in [3.8, 4) is 0 Å². The first-order valence-electron chi connectivity index (χ1n) is 2.32. The lowest BCUT2D eigenvalue weighted by Gasteiger charge is -1.96. The summed E-state index contributed by atoms with van der Waals surface area (Å²) in [6, 6.07) is 0. The molecule has 0 fully saturated rings. The van der Waals surface area contributed by atoms with Gasteiger partial charge in [-0.15, -0.1) is 15.3 Å². The number of nitrogens with zero attached hydrogens (tertiary/aromatic N) is 3. The van der Waals surface area contributed by atoms with Gasteiger partial charge in [0.1, 0.15) is 0 Å². The fraction of sp³-hybridized carbons (Fsp3) is 0.333. The third-order valence-electron chi connectivity index (χ3n) is 0.752. The lowest BCUT2D eigenvalue weighted by molar-refractivity contribution is -0.138. The molecule has 0 bridgehead atoms. The van der Waals surface area contributed by atoms with Crippen LogP contribution in [0.25, 0.3) is 0 Å². The largest absolute Gasteiger partial charge is 0.445 e. The van der Waals surface area contributed by atoms with Crippen molar-refractivity contribution in [1.82, 2.24) is 10.2 Å². The van der Waals surface area contributed by atoms with Crippen molar-refractivity contribution in [2.75, 3.05) is 0 Å². The van der Waals surface area contributed by atoms with Crippen LogP contribution >= 0.6 is 11.3 Å². The van der Waals surface area contributed by atoms with Crippen LogP contribution in [0.3, 0.4) is 0 Å². The van der Waals surface area contributed by atoms with Crippen LogP contribution < -0.4 is 0 Å². The van der Waals surface area contributed by atoms with Gasteiger partial charge in [-0.1, -0.05) is 11.3 Å². The molecule has 0 spiro atoms. The van der Waals surface area contributed by atoms with Gasteiger partial charge < -0.3 is 0 Å². The zero-order valence-electron chi connectivity index (χ0n) is 4.88. The monoisotopic (exact) mass is 182 g/mol. The van der Waals surface area contributed by atoms with Crippen LogP contribution in [0.15, 0.2) is 5.11 Å². The second-order valence-electron chi connectivity index (χ2n) is 1.50. The molecule has 0 unspecified atom stereocenters. The first-order chi connectivity index (χ1) is 5.04. The average Bonchev–Trinajstić information content (AvgIpc) is 2.32. The quantitative estimate of drug-likeness (QED) is 0.676. The van der Waals surface area contributed by atoms with Gasteiger partial charge in [-0.3, -0.25) is 0 Å². The number of nitrogens with one attached hydrogen (secondary N) is 1. The van der Waals surface area contributed by atoms with E-state index in [-0.39, 0.29) is 16.5 Å². The van der Waals surface area contributed by atoms with Crippen molar-refractivity contribution in [2.24, 2.45) is 5.11 Å². The Morgan fingerprint density at radius 2 is 2.00 bits per heavy atom. The molecule has 4 nitrogen and oxygen atoms in total. The van der Waals surface area contributed by atoms with Crippen molar-refractivity contribution in [2.45, 2.75) is 6.18 Å². The summed E-state index contributed by atoms with van der Waals surface area (Å²) < 4.78 is 35.2. The van der Waals surface area contributed by atoms with Gasteiger partial charge in [0, 0.05) is 0 Å². The average molecular weight is 182 g/mol. The van der Waals surface area contributed by atoms with E-state index in [1.54, 1.807) is 0 Å². The van der Waals surface area contributed by atoms with Crippen LogP contribution in [0.5, 0.6) is 0 Å². The molecule has 1 rings (SSSR count). The minimum absolute atomic E-state index is 0.238. The molecule has 0 saturated heterocycles. The molecule has 0 aliphatic heterocycles. The van der Waals surface area contributed by atoms with Crippen molar-refractivity contribution in [1.29, 1.82) is 5.53 Å². The molecule has 8 heteroatoms. The van der Waals surface area contributed by atoms with Gasteiger partial charge in [0.2, 0.25) is 5.01 Å². The highest BCUT2D eigenvalue weighted by Gasteiger charge is 2.35. The van der Waals surface area contributed by atoms with Crippen LogP contribution in [0.4, 0.5) is 18.3 Å². The maximum Gasteiger partial charge on any atom is 0.445 e. The lowest BCUT2D eigenvalue weighted by Crippen LogP contribution is -2.03. The van der Waals surface area contributed by atoms with Gasteiger partial charge in [-0.25, -0.2) is 5.53 Å². The Hall–Kier alpha value is -1.05. The van der Waals surface area contributed by atoms with Gasteiger partial charge in [0.15, 0.2) is 0 Å². The predicted octanol–water partition coefficient (Wildman–Crippen LogP) is 2.22. The summed E-state index contributed by atoms with van der Waals surface area (Å²) >= 11 is 0.238. The normalized spacial score (nSPS) is 11.5. The van der Waals surface area contributed by atoms with Crippen molar-refractivity contribution >= 4 is 16.5 Å². The Bertz CT molecular complexity index is 266. The molecule has 1 aromatic rings. The highest BCUT2D eigenvalue weighted by atomic mass is 32.1. The Morgan fingerprint density at radius 1 is 1.36 bits per heavy atom. The van der Waals surface area contributed by atoms with Crippen molar-refractivity contribution in [3.63, 3.8) is 0 Å². The lowest BCUT2D eigenvalue weighted by atomic mass is 10.7. The summed E-state index contributed by atoms with van der Waals surface area (Å²) in [6.07, 6.45) is -4.49. The Labute approximate surface area is 62.6 Å². The smallest absolute Gasteiger partial charge is 0.202 e. The van der Waals surface area contributed by atoms with E-state index >= 15 is 0 Å². The maximum absolute atomic E-state index is 11.7. The Balaban J connectivity index is 2.98. The first kappa shape index (κ1) is 8.05.